The van der Waals surface area contributed by atoms with Gasteiger partial charge in [-0.1, -0.05) is 33.8 Å². The van der Waals surface area contributed by atoms with Gasteiger partial charge < -0.3 is 10.1 Å². The molecule has 0 amide bonds. The molecule has 20 heavy (non-hydrogen) atoms. The fraction of sp³-hybridized carbons (Fsp3) is 0.562. The van der Waals surface area contributed by atoms with Crippen LogP contribution in [0.2, 0.25) is 0 Å². The molecule has 1 atom stereocenters. The lowest BCUT2D eigenvalue weighted by atomic mass is 9.88. The van der Waals surface area contributed by atoms with E-state index in [1.54, 1.807) is 12.1 Å². The minimum Gasteiger partial charge on any atom is -0.494 e. The third-order valence-corrected chi connectivity index (χ3v) is 3.22. The zero-order valence-electron chi connectivity index (χ0n) is 12.9. The van der Waals surface area contributed by atoms with Crippen molar-refractivity contribution in [2.24, 2.45) is 5.92 Å². The molecule has 0 aromatic heterocycles. The molecular formula is C16H24FNO2. The second-order valence-corrected chi connectivity index (χ2v) is 5.57. The smallest absolute Gasteiger partial charge is 0.165 e. The summed E-state index contributed by atoms with van der Waals surface area (Å²) in [5.74, 6) is -0.544. The Bertz CT molecular complexity index is 458. The maximum Gasteiger partial charge on any atom is 0.165 e. The molecule has 1 aromatic rings. The highest BCUT2D eigenvalue weighted by atomic mass is 19.1. The van der Waals surface area contributed by atoms with Crippen LogP contribution >= 0.6 is 0 Å². The van der Waals surface area contributed by atoms with Gasteiger partial charge in [0.05, 0.1) is 13.0 Å². The van der Waals surface area contributed by atoms with Gasteiger partial charge in [-0.15, -0.1) is 0 Å². The third-order valence-electron chi connectivity index (χ3n) is 3.22. The summed E-state index contributed by atoms with van der Waals surface area (Å²) in [6, 6.07) is 5.00. The molecule has 0 saturated carbocycles. The van der Waals surface area contributed by atoms with E-state index in [0.29, 0.717) is 12.1 Å². The van der Waals surface area contributed by atoms with Crippen molar-refractivity contribution >= 4 is 5.78 Å². The second kappa shape index (κ2) is 7.39. The number of Topliss-reactive ketones (excluding diaryl/α,β-unsaturated/α-hetero) is 1. The summed E-state index contributed by atoms with van der Waals surface area (Å²) in [5.41, 5.74) is 0.690. The van der Waals surface area contributed by atoms with Crippen molar-refractivity contribution in [2.75, 3.05) is 13.7 Å². The first-order chi connectivity index (χ1) is 9.36. The number of carbonyl (C=O) groups excluding carboxylic acids is 1. The highest BCUT2D eigenvalue weighted by molar-refractivity contribution is 5.87. The van der Waals surface area contributed by atoms with Gasteiger partial charge in [-0.3, -0.25) is 4.79 Å². The fourth-order valence-corrected chi connectivity index (χ4v) is 2.04. The number of methoxy groups -OCH3 is 1. The van der Waals surface area contributed by atoms with Gasteiger partial charge in [0.25, 0.3) is 0 Å². The minimum absolute atomic E-state index is 0.0841. The maximum atomic E-state index is 13.8. The van der Waals surface area contributed by atoms with Crippen molar-refractivity contribution in [3.8, 4) is 5.75 Å². The van der Waals surface area contributed by atoms with Crippen LogP contribution in [0.15, 0.2) is 18.2 Å². The van der Waals surface area contributed by atoms with E-state index in [1.165, 1.54) is 13.2 Å². The summed E-state index contributed by atoms with van der Waals surface area (Å²) >= 11 is 0. The molecule has 1 N–H and O–H groups in total. The molecule has 0 aliphatic carbocycles. The third kappa shape index (κ3) is 4.30. The van der Waals surface area contributed by atoms with E-state index in [9.17, 15) is 9.18 Å². The first-order valence-electron chi connectivity index (χ1n) is 6.97. The van der Waals surface area contributed by atoms with Gasteiger partial charge in [0.1, 0.15) is 5.78 Å². The molecule has 3 nitrogen and oxygen atoms in total. The average Bonchev–Trinajstić information content (AvgIpc) is 2.38. The number of nitrogens with one attached hydrogen (secondary N) is 1. The van der Waals surface area contributed by atoms with E-state index in [2.05, 4.69) is 5.32 Å². The lowest BCUT2D eigenvalue weighted by Crippen LogP contribution is -2.33. The van der Waals surface area contributed by atoms with Gasteiger partial charge >= 0.3 is 0 Å². The largest absolute Gasteiger partial charge is 0.494 e. The van der Waals surface area contributed by atoms with Crippen LogP contribution in [0.25, 0.3) is 0 Å². The maximum absolute atomic E-state index is 13.8. The Hall–Kier alpha value is -1.42. The number of benzene rings is 1. The normalized spacial score (nSPS) is 12.8. The van der Waals surface area contributed by atoms with Crippen LogP contribution < -0.4 is 10.1 Å². The Kier molecular flexibility index (Phi) is 6.14. The standard InChI is InChI=1S/C16H24FNO2/c1-10(2)16(19)13(9-18-11(3)4)12-6-7-15(20-5)14(17)8-12/h6-8,10-11,13,18H,9H2,1-5H3/t13-/m1/s1. The van der Waals surface area contributed by atoms with E-state index in [4.69, 9.17) is 4.74 Å². The number of hydrogen-bond donors (Lipinski definition) is 1. The Morgan fingerprint density at radius 1 is 1.30 bits per heavy atom. The van der Waals surface area contributed by atoms with Crippen molar-refractivity contribution in [1.82, 2.24) is 5.32 Å². The molecule has 0 aliphatic rings. The van der Waals surface area contributed by atoms with Gasteiger partial charge in [-0.25, -0.2) is 4.39 Å². The molecule has 0 aliphatic heterocycles. The van der Waals surface area contributed by atoms with Crippen LogP contribution in [-0.4, -0.2) is 25.5 Å². The van der Waals surface area contributed by atoms with Crippen molar-refractivity contribution in [2.45, 2.75) is 39.7 Å². The second-order valence-electron chi connectivity index (χ2n) is 5.57. The Morgan fingerprint density at radius 3 is 2.40 bits per heavy atom. The molecular weight excluding hydrogens is 257 g/mol. The monoisotopic (exact) mass is 281 g/mol. The van der Waals surface area contributed by atoms with Crippen molar-refractivity contribution in [3.63, 3.8) is 0 Å². The van der Waals surface area contributed by atoms with Crippen LogP contribution in [0.5, 0.6) is 5.75 Å². The van der Waals surface area contributed by atoms with Crippen LogP contribution in [-0.2, 0) is 4.79 Å². The number of carbonyl (C=O) groups is 1. The molecule has 4 heteroatoms. The Balaban J connectivity index is 3.03. The fourth-order valence-electron chi connectivity index (χ4n) is 2.04. The van der Waals surface area contributed by atoms with Crippen LogP contribution in [0.1, 0.15) is 39.2 Å². The van der Waals surface area contributed by atoms with Crippen LogP contribution in [0, 0.1) is 11.7 Å². The minimum atomic E-state index is -0.434. The highest BCUT2D eigenvalue weighted by Crippen LogP contribution is 2.25. The number of ether oxygens (including phenoxy) is 1. The summed E-state index contributed by atoms with van der Waals surface area (Å²) in [6.45, 7) is 8.28. The first kappa shape index (κ1) is 16.6. The van der Waals surface area contributed by atoms with E-state index >= 15 is 0 Å². The summed E-state index contributed by atoms with van der Waals surface area (Å²) in [4.78, 5) is 12.3. The highest BCUT2D eigenvalue weighted by Gasteiger charge is 2.24. The number of hydrogen-bond acceptors (Lipinski definition) is 3. The predicted octanol–water partition coefficient (Wildman–Crippen LogP) is 3.14. The number of halogens is 1. The molecule has 0 bridgehead atoms. The number of ketones is 1. The molecule has 0 heterocycles. The van der Waals surface area contributed by atoms with Crippen molar-refractivity contribution < 1.29 is 13.9 Å². The molecule has 0 spiro atoms. The molecule has 112 valence electrons. The van der Waals surface area contributed by atoms with E-state index in [0.717, 1.165) is 0 Å². The van der Waals surface area contributed by atoms with Gasteiger partial charge in [0.2, 0.25) is 0 Å². The van der Waals surface area contributed by atoms with Crippen molar-refractivity contribution in [3.05, 3.63) is 29.6 Å². The van der Waals surface area contributed by atoms with E-state index in [1.807, 2.05) is 27.7 Å². The zero-order valence-corrected chi connectivity index (χ0v) is 12.9. The quantitative estimate of drug-likeness (QED) is 0.834. The lowest BCUT2D eigenvalue weighted by molar-refractivity contribution is -0.123. The van der Waals surface area contributed by atoms with Crippen LogP contribution in [0.4, 0.5) is 4.39 Å². The SMILES string of the molecule is COc1ccc([C@@H](CNC(C)C)C(=O)C(C)C)cc1F. The lowest BCUT2D eigenvalue weighted by Gasteiger charge is -2.21. The summed E-state index contributed by atoms with van der Waals surface area (Å²) in [5, 5.41) is 3.25. The topological polar surface area (TPSA) is 38.3 Å². The summed E-state index contributed by atoms with van der Waals surface area (Å²) in [6.07, 6.45) is 0. The van der Waals surface area contributed by atoms with Gasteiger partial charge in [0.15, 0.2) is 11.6 Å². The van der Waals surface area contributed by atoms with Gasteiger partial charge in [-0.05, 0) is 17.7 Å². The Labute approximate surface area is 120 Å². The predicted molar refractivity (Wildman–Crippen MR) is 78.7 cm³/mol. The molecule has 0 unspecified atom stereocenters. The zero-order chi connectivity index (χ0) is 15.3. The van der Waals surface area contributed by atoms with Crippen LogP contribution in [0.3, 0.4) is 0 Å². The molecule has 0 fully saturated rings. The molecule has 1 rings (SSSR count). The van der Waals surface area contributed by atoms with Crippen molar-refractivity contribution in [1.29, 1.82) is 0 Å². The average molecular weight is 281 g/mol. The first-order valence-corrected chi connectivity index (χ1v) is 6.97. The van der Waals surface area contributed by atoms with E-state index in [-0.39, 0.29) is 29.4 Å². The molecule has 0 radical (unpaired) electrons. The summed E-state index contributed by atoms with van der Waals surface area (Å²) in [7, 11) is 1.43. The molecule has 1 aromatic carbocycles. The number of rotatable bonds is 7. The van der Waals surface area contributed by atoms with Gasteiger partial charge in [0, 0.05) is 18.5 Å². The van der Waals surface area contributed by atoms with Gasteiger partial charge in [-0.2, -0.15) is 0 Å². The molecule has 0 saturated heterocycles. The Morgan fingerprint density at radius 2 is 1.95 bits per heavy atom. The van der Waals surface area contributed by atoms with E-state index < -0.39 is 5.82 Å². The summed E-state index contributed by atoms with van der Waals surface area (Å²) < 4.78 is 18.7.